The van der Waals surface area contributed by atoms with Crippen LogP contribution in [-0.4, -0.2) is 39.0 Å². The summed E-state index contributed by atoms with van der Waals surface area (Å²) in [4.78, 5) is 18.4. The predicted octanol–water partition coefficient (Wildman–Crippen LogP) is 1.17. The van der Waals surface area contributed by atoms with Crippen LogP contribution in [0.25, 0.3) is 11.6 Å². The van der Waals surface area contributed by atoms with E-state index in [1.165, 1.54) is 12.8 Å². The van der Waals surface area contributed by atoms with Crippen molar-refractivity contribution in [2.24, 2.45) is 0 Å². The van der Waals surface area contributed by atoms with E-state index >= 15 is 0 Å². The molecule has 0 amide bonds. The fourth-order valence-electron chi connectivity index (χ4n) is 5.40. The maximum absolute atomic E-state index is 11.7. The van der Waals surface area contributed by atoms with E-state index < -0.39 is 5.56 Å². The van der Waals surface area contributed by atoms with Crippen molar-refractivity contribution >= 4 is 0 Å². The Morgan fingerprint density at radius 3 is 2.69 bits per heavy atom. The smallest absolute Gasteiger partial charge is 0.255 e. The largest absolute Gasteiger partial charge is 0.493 e. The zero-order valence-corrected chi connectivity index (χ0v) is 14.6. The van der Waals surface area contributed by atoms with Crippen molar-refractivity contribution in [1.82, 2.24) is 25.8 Å². The average Bonchev–Trinajstić information content (AvgIpc) is 3.26. The number of H-pyrrole nitrogens is 1. The van der Waals surface area contributed by atoms with Crippen LogP contribution < -0.4 is 16.2 Å². The summed E-state index contributed by atoms with van der Waals surface area (Å²) in [7, 11) is 0. The minimum absolute atomic E-state index is 0.103. The number of rotatable bonds is 1. The summed E-state index contributed by atoms with van der Waals surface area (Å²) in [6.45, 7) is 1.92. The van der Waals surface area contributed by atoms with Crippen LogP contribution >= 0.6 is 0 Å². The first-order chi connectivity index (χ1) is 12.6. The molecule has 2 fully saturated rings. The van der Waals surface area contributed by atoms with E-state index in [1.54, 1.807) is 0 Å². The molecule has 1 atom stereocenters. The molecule has 4 N–H and O–H groups in total. The zero-order valence-electron chi connectivity index (χ0n) is 14.6. The quantitative estimate of drug-likeness (QED) is 0.605. The fourth-order valence-corrected chi connectivity index (χ4v) is 5.40. The zero-order chi connectivity index (χ0) is 17.8. The second kappa shape index (κ2) is 5.65. The number of hydrogen-bond donors (Lipinski definition) is 4. The monoisotopic (exact) mass is 357 g/mol. The molecule has 1 saturated heterocycles. The van der Waals surface area contributed by atoms with E-state index in [9.17, 15) is 9.90 Å². The third-order valence-electron chi connectivity index (χ3n) is 6.42. The standard InChI is InChI=1S/C18H23N5O3/c24-12-10-13(25)22-16(21-12)14-11-4-3-6-17(15(11)23-26-14)5-1-2-7-18(17)19-8-9-20-18/h10,19-20H,1-9H2,(H2,21,22,24,25)/t17-/m0/s1. The van der Waals surface area contributed by atoms with Crippen molar-refractivity contribution in [3.05, 3.63) is 27.7 Å². The Balaban J connectivity index is 1.66. The number of nitrogens with zero attached hydrogens (tertiary/aromatic N) is 2. The van der Waals surface area contributed by atoms with Gasteiger partial charge in [0.25, 0.3) is 5.56 Å². The van der Waals surface area contributed by atoms with Crippen LogP contribution in [0, 0.1) is 0 Å². The lowest BCUT2D eigenvalue weighted by molar-refractivity contribution is 0.0756. The summed E-state index contributed by atoms with van der Waals surface area (Å²) in [6, 6.07) is 1.05. The second-order valence-electron chi connectivity index (χ2n) is 7.69. The second-order valence-corrected chi connectivity index (χ2v) is 7.69. The van der Waals surface area contributed by atoms with E-state index in [4.69, 9.17) is 4.52 Å². The lowest BCUT2D eigenvalue weighted by Crippen LogP contribution is -2.66. The molecule has 2 aliphatic carbocycles. The molecular formula is C18H23N5O3. The van der Waals surface area contributed by atoms with Gasteiger partial charge in [-0.3, -0.25) is 15.4 Å². The van der Waals surface area contributed by atoms with Crippen LogP contribution in [0.3, 0.4) is 0 Å². The van der Waals surface area contributed by atoms with E-state index in [2.05, 4.69) is 25.8 Å². The topological polar surface area (TPSA) is 116 Å². The van der Waals surface area contributed by atoms with Gasteiger partial charge >= 0.3 is 0 Å². The number of hydrogen-bond acceptors (Lipinski definition) is 7. The summed E-state index contributed by atoms with van der Waals surface area (Å²) < 4.78 is 5.69. The molecule has 3 heterocycles. The Morgan fingerprint density at radius 1 is 1.12 bits per heavy atom. The number of nitrogens with one attached hydrogen (secondary N) is 3. The van der Waals surface area contributed by atoms with Crippen molar-refractivity contribution in [3.63, 3.8) is 0 Å². The van der Waals surface area contributed by atoms with Gasteiger partial charge in [-0.1, -0.05) is 18.0 Å². The van der Waals surface area contributed by atoms with Crippen molar-refractivity contribution in [2.45, 2.75) is 56.0 Å². The molecular weight excluding hydrogens is 334 g/mol. The van der Waals surface area contributed by atoms with Gasteiger partial charge in [-0.15, -0.1) is 0 Å². The van der Waals surface area contributed by atoms with E-state index in [1.807, 2.05) is 0 Å². The Bertz CT molecular complexity index is 898. The Morgan fingerprint density at radius 2 is 1.88 bits per heavy atom. The SMILES string of the molecule is O=c1cc(O)nc(-c2onc3c2CCC[C@@]32CCCCC23NCCN3)[nH]1. The maximum Gasteiger partial charge on any atom is 0.255 e. The highest BCUT2D eigenvalue weighted by Crippen LogP contribution is 2.53. The molecule has 8 heteroatoms. The first-order valence-electron chi connectivity index (χ1n) is 9.43. The molecule has 5 rings (SSSR count). The summed E-state index contributed by atoms with van der Waals surface area (Å²) >= 11 is 0. The molecule has 138 valence electrons. The maximum atomic E-state index is 11.7. The number of aromatic nitrogens is 3. The van der Waals surface area contributed by atoms with Gasteiger partial charge in [-0.05, 0) is 32.1 Å². The number of fused-ring (bicyclic) bond motifs is 3. The highest BCUT2D eigenvalue weighted by Gasteiger charge is 2.58. The Hall–Kier alpha value is -2.19. The van der Waals surface area contributed by atoms with Gasteiger partial charge in [-0.2, -0.15) is 4.98 Å². The first kappa shape index (κ1) is 16.0. The Labute approximate surface area is 150 Å². The minimum atomic E-state index is -0.406. The molecule has 0 aromatic carbocycles. The third kappa shape index (κ3) is 2.12. The van der Waals surface area contributed by atoms with Crippen LogP contribution in [0.1, 0.15) is 49.8 Å². The molecule has 0 unspecified atom stereocenters. The van der Waals surface area contributed by atoms with Crippen LogP contribution in [0.4, 0.5) is 0 Å². The fraction of sp³-hybridized carbons (Fsp3) is 0.611. The molecule has 2 aromatic rings. The van der Waals surface area contributed by atoms with Crippen LogP contribution in [-0.2, 0) is 11.8 Å². The molecule has 0 bridgehead atoms. The van der Waals surface area contributed by atoms with Gasteiger partial charge in [-0.25, -0.2) is 0 Å². The molecule has 2 aromatic heterocycles. The van der Waals surface area contributed by atoms with Crippen molar-refractivity contribution in [2.75, 3.05) is 13.1 Å². The van der Waals surface area contributed by atoms with Crippen LogP contribution in [0.15, 0.2) is 15.4 Å². The molecule has 1 aliphatic heterocycles. The highest BCUT2D eigenvalue weighted by atomic mass is 16.5. The molecule has 0 radical (unpaired) electrons. The van der Waals surface area contributed by atoms with Gasteiger partial charge in [0.2, 0.25) is 11.6 Å². The summed E-state index contributed by atoms with van der Waals surface area (Å²) in [5.74, 6) is 0.413. The van der Waals surface area contributed by atoms with Gasteiger partial charge in [0, 0.05) is 24.1 Å². The van der Waals surface area contributed by atoms with Crippen molar-refractivity contribution in [1.29, 1.82) is 0 Å². The van der Waals surface area contributed by atoms with E-state index in [-0.39, 0.29) is 22.8 Å². The average molecular weight is 357 g/mol. The molecule has 1 saturated carbocycles. The normalized spacial score (nSPS) is 27.1. The van der Waals surface area contributed by atoms with Gasteiger partial charge in [0.15, 0.2) is 5.82 Å². The molecule has 3 aliphatic rings. The minimum Gasteiger partial charge on any atom is -0.493 e. The predicted molar refractivity (Wildman–Crippen MR) is 93.8 cm³/mol. The number of aromatic hydroxyl groups is 1. The summed E-state index contributed by atoms with van der Waals surface area (Å²) in [6.07, 6.45) is 7.46. The molecule has 26 heavy (non-hydrogen) atoms. The van der Waals surface area contributed by atoms with Crippen LogP contribution in [0.5, 0.6) is 5.88 Å². The lowest BCUT2D eigenvalue weighted by atomic mass is 9.58. The Kier molecular flexibility index (Phi) is 3.48. The highest BCUT2D eigenvalue weighted by molar-refractivity contribution is 5.57. The van der Waals surface area contributed by atoms with Gasteiger partial charge in [0.05, 0.1) is 17.4 Å². The van der Waals surface area contributed by atoms with Crippen molar-refractivity contribution in [3.8, 4) is 17.5 Å². The van der Waals surface area contributed by atoms with Gasteiger partial charge < -0.3 is 14.6 Å². The van der Waals surface area contributed by atoms with E-state index in [0.29, 0.717) is 5.76 Å². The third-order valence-corrected chi connectivity index (χ3v) is 6.42. The van der Waals surface area contributed by atoms with Gasteiger partial charge in [0.1, 0.15) is 0 Å². The summed E-state index contributed by atoms with van der Waals surface area (Å²) in [5, 5.41) is 21.7. The van der Waals surface area contributed by atoms with Crippen LogP contribution in [0.2, 0.25) is 0 Å². The number of aromatic amines is 1. The molecule has 2 spiro atoms. The lowest BCUT2D eigenvalue weighted by Gasteiger charge is -2.53. The summed E-state index contributed by atoms with van der Waals surface area (Å²) in [5.41, 5.74) is 1.37. The first-order valence-corrected chi connectivity index (χ1v) is 9.43. The molecule has 8 nitrogen and oxygen atoms in total. The van der Waals surface area contributed by atoms with E-state index in [0.717, 1.165) is 62.5 Å². The van der Waals surface area contributed by atoms with Crippen molar-refractivity contribution < 1.29 is 9.63 Å².